The van der Waals surface area contributed by atoms with Crippen molar-refractivity contribution >= 4 is 47.2 Å². The molecule has 1 fully saturated rings. The minimum atomic E-state index is 0. The van der Waals surface area contributed by atoms with Crippen molar-refractivity contribution in [3.05, 3.63) is 54.3 Å². The first-order chi connectivity index (χ1) is 17.1. The van der Waals surface area contributed by atoms with E-state index in [2.05, 4.69) is 28.2 Å². The molecule has 0 radical (unpaired) electrons. The molecule has 0 amide bonds. The van der Waals surface area contributed by atoms with Crippen LogP contribution in [0.15, 0.2) is 53.1 Å². The Labute approximate surface area is 229 Å². The summed E-state index contributed by atoms with van der Waals surface area (Å²) >= 11 is 0. The van der Waals surface area contributed by atoms with Crippen molar-refractivity contribution in [1.29, 1.82) is 5.26 Å². The number of fused-ring (bicyclic) bond motifs is 2. The van der Waals surface area contributed by atoms with Crippen molar-refractivity contribution in [3.8, 4) is 28.9 Å². The van der Waals surface area contributed by atoms with Crippen LogP contribution in [0.3, 0.4) is 0 Å². The lowest BCUT2D eigenvalue weighted by Crippen LogP contribution is -2.44. The normalized spacial score (nSPS) is 14.0. The van der Waals surface area contributed by atoms with Crippen LogP contribution in [0, 0.1) is 11.3 Å². The van der Waals surface area contributed by atoms with Crippen LogP contribution < -0.4 is 14.8 Å². The Hall–Kier alpha value is -3.22. The van der Waals surface area contributed by atoms with Crippen molar-refractivity contribution in [2.75, 3.05) is 58.8 Å². The van der Waals surface area contributed by atoms with Gasteiger partial charge in [0.1, 0.15) is 17.6 Å². The fourth-order valence-corrected chi connectivity index (χ4v) is 4.41. The van der Waals surface area contributed by atoms with E-state index in [0.29, 0.717) is 29.5 Å². The SMILES string of the molecule is COc1cc2cc(C#N)c(Nc3ccoc4cccc3-4)nc2cc1OCCCN1CCN(C)CC1.Cl.Cl. The Balaban J connectivity index is 0.00000190. The highest BCUT2D eigenvalue weighted by Gasteiger charge is 2.16. The summed E-state index contributed by atoms with van der Waals surface area (Å²) in [4.78, 5) is 9.60. The van der Waals surface area contributed by atoms with E-state index in [9.17, 15) is 5.26 Å². The van der Waals surface area contributed by atoms with E-state index in [0.717, 1.165) is 67.1 Å². The number of methoxy groups -OCH3 is 1. The first-order valence-corrected chi connectivity index (χ1v) is 11.8. The average Bonchev–Trinajstić information content (AvgIpc) is 3.37. The Kier molecular flexibility index (Phi) is 9.84. The van der Waals surface area contributed by atoms with E-state index in [1.807, 2.05) is 42.5 Å². The molecule has 0 saturated carbocycles. The van der Waals surface area contributed by atoms with Crippen molar-refractivity contribution in [3.63, 3.8) is 0 Å². The molecule has 3 heterocycles. The maximum Gasteiger partial charge on any atom is 0.163 e. The molecule has 8 nitrogen and oxygen atoms in total. The van der Waals surface area contributed by atoms with Crippen LogP contribution in [0.5, 0.6) is 11.5 Å². The average molecular weight is 544 g/mol. The molecule has 1 saturated heterocycles. The summed E-state index contributed by atoms with van der Waals surface area (Å²) < 4.78 is 17.2. The minimum absolute atomic E-state index is 0. The molecule has 37 heavy (non-hydrogen) atoms. The molecule has 0 bridgehead atoms. The zero-order valence-electron chi connectivity index (χ0n) is 20.9. The topological polar surface area (TPSA) is 86.8 Å². The number of pyridine rings is 1. The molecule has 0 unspecified atom stereocenters. The second-order valence-electron chi connectivity index (χ2n) is 8.80. The van der Waals surface area contributed by atoms with Crippen molar-refractivity contribution in [1.82, 2.24) is 14.8 Å². The highest BCUT2D eigenvalue weighted by atomic mass is 35.5. The highest BCUT2D eigenvalue weighted by molar-refractivity contribution is 5.88. The van der Waals surface area contributed by atoms with Gasteiger partial charge < -0.3 is 29.0 Å². The Morgan fingerprint density at radius 2 is 1.89 bits per heavy atom. The van der Waals surface area contributed by atoms with Gasteiger partial charge in [0.15, 0.2) is 11.5 Å². The number of likely N-dealkylation sites (N-methyl/N-ethyl adjacent to an activating group) is 1. The van der Waals surface area contributed by atoms with Crippen LogP contribution in [0.1, 0.15) is 12.0 Å². The fraction of sp³-hybridized carbons (Fsp3) is 0.333. The maximum atomic E-state index is 9.76. The molecule has 2 aromatic rings. The summed E-state index contributed by atoms with van der Waals surface area (Å²) in [5.41, 5.74) is 2.92. The third-order valence-electron chi connectivity index (χ3n) is 6.44. The van der Waals surface area contributed by atoms with E-state index in [4.69, 9.17) is 18.9 Å². The number of piperazine rings is 1. The molecule has 10 heteroatoms. The molecule has 1 N–H and O–H groups in total. The van der Waals surface area contributed by atoms with Crippen molar-refractivity contribution in [2.24, 2.45) is 0 Å². The lowest BCUT2D eigenvalue weighted by atomic mass is 10.1. The van der Waals surface area contributed by atoms with Crippen molar-refractivity contribution < 1.29 is 13.9 Å². The Morgan fingerprint density at radius 1 is 1.08 bits per heavy atom. The summed E-state index contributed by atoms with van der Waals surface area (Å²) in [6.07, 6.45) is 2.56. The predicted octanol–water partition coefficient (Wildman–Crippen LogP) is 5.42. The van der Waals surface area contributed by atoms with Crippen LogP contribution in [0.25, 0.3) is 22.2 Å². The molecule has 196 valence electrons. The van der Waals surface area contributed by atoms with Gasteiger partial charge in [-0.3, -0.25) is 0 Å². The number of nitrogens with zero attached hydrogens (tertiary/aromatic N) is 4. The Bertz CT molecular complexity index is 1330. The van der Waals surface area contributed by atoms with E-state index in [1.54, 1.807) is 13.4 Å². The fourth-order valence-electron chi connectivity index (χ4n) is 4.41. The second-order valence-corrected chi connectivity index (χ2v) is 8.80. The monoisotopic (exact) mass is 543 g/mol. The quantitative estimate of drug-likeness (QED) is 0.295. The molecular formula is C27H31Cl2N5O3. The van der Waals surface area contributed by atoms with Gasteiger partial charge in [0.2, 0.25) is 0 Å². The largest absolute Gasteiger partial charge is 0.493 e. The van der Waals surface area contributed by atoms with Gasteiger partial charge >= 0.3 is 0 Å². The summed E-state index contributed by atoms with van der Waals surface area (Å²) in [6.45, 7) is 6.04. The van der Waals surface area contributed by atoms with E-state index < -0.39 is 0 Å². The van der Waals surface area contributed by atoms with Gasteiger partial charge in [0.05, 0.1) is 36.7 Å². The zero-order chi connectivity index (χ0) is 24.2. The third-order valence-corrected chi connectivity index (χ3v) is 6.44. The number of hydrogen-bond acceptors (Lipinski definition) is 8. The molecule has 1 aromatic heterocycles. The van der Waals surface area contributed by atoms with Gasteiger partial charge in [0.25, 0.3) is 0 Å². The van der Waals surface area contributed by atoms with Crippen LogP contribution >= 0.6 is 24.8 Å². The summed E-state index contributed by atoms with van der Waals surface area (Å²) in [5.74, 6) is 2.54. The maximum absolute atomic E-state index is 9.76. The lowest BCUT2D eigenvalue weighted by Gasteiger charge is -2.32. The predicted molar refractivity (Wildman–Crippen MR) is 150 cm³/mol. The van der Waals surface area contributed by atoms with Gasteiger partial charge in [-0.15, -0.1) is 24.8 Å². The second kappa shape index (κ2) is 12.8. The first-order valence-electron chi connectivity index (χ1n) is 11.8. The van der Waals surface area contributed by atoms with E-state index in [-0.39, 0.29) is 24.8 Å². The molecular weight excluding hydrogens is 513 g/mol. The number of ether oxygens (including phenoxy) is 2. The highest BCUT2D eigenvalue weighted by Crippen LogP contribution is 2.36. The van der Waals surface area contributed by atoms with Crippen LogP contribution in [-0.4, -0.2) is 68.3 Å². The van der Waals surface area contributed by atoms with Gasteiger partial charge in [-0.1, -0.05) is 6.07 Å². The van der Waals surface area contributed by atoms with E-state index >= 15 is 0 Å². The molecule has 2 aliphatic heterocycles. The van der Waals surface area contributed by atoms with Crippen LogP contribution in [0.2, 0.25) is 0 Å². The van der Waals surface area contributed by atoms with Crippen molar-refractivity contribution in [2.45, 2.75) is 6.42 Å². The summed E-state index contributed by atoms with van der Waals surface area (Å²) in [5, 5.41) is 13.9. The molecule has 1 aliphatic carbocycles. The van der Waals surface area contributed by atoms with Crippen LogP contribution in [-0.2, 0) is 0 Å². The van der Waals surface area contributed by atoms with Crippen LogP contribution in [0.4, 0.5) is 11.5 Å². The van der Waals surface area contributed by atoms with Gasteiger partial charge in [-0.05, 0) is 43.8 Å². The molecule has 1 aromatic carbocycles. The number of halogens is 2. The number of hydrogen-bond donors (Lipinski definition) is 1. The smallest absolute Gasteiger partial charge is 0.163 e. The molecule has 0 spiro atoms. The summed E-state index contributed by atoms with van der Waals surface area (Å²) in [6, 6.07) is 15.5. The minimum Gasteiger partial charge on any atom is -0.493 e. The molecule has 0 atom stereocenters. The number of anilines is 2. The van der Waals surface area contributed by atoms with Gasteiger partial charge in [0, 0.05) is 49.7 Å². The number of nitriles is 1. The standard InChI is InChI=1S/C27H29N5O3.2ClH/c1-31-9-11-32(12-10-31)8-4-13-34-26-17-23-19(16-25(26)33-2)15-20(18-28)27(30-23)29-22-7-14-35-24-6-3-5-21(22)24;;/h3,5-7,14-17H,4,8-13H2,1-2H3,(H,29,30);2*1H. The van der Waals surface area contributed by atoms with E-state index in [1.165, 1.54) is 0 Å². The first kappa shape index (κ1) is 28.4. The number of rotatable bonds is 8. The number of benzene rings is 1. The summed E-state index contributed by atoms with van der Waals surface area (Å²) in [7, 11) is 3.79. The lowest BCUT2D eigenvalue weighted by molar-refractivity contribution is 0.145. The number of nitrogens with one attached hydrogen (secondary N) is 1. The molecule has 5 rings (SSSR count). The zero-order valence-corrected chi connectivity index (χ0v) is 22.5. The third kappa shape index (κ3) is 6.38. The molecule has 3 aliphatic rings. The van der Waals surface area contributed by atoms with Gasteiger partial charge in [-0.25, -0.2) is 4.98 Å². The Morgan fingerprint density at radius 3 is 2.65 bits per heavy atom. The number of aromatic nitrogens is 1. The van der Waals surface area contributed by atoms with Gasteiger partial charge in [-0.2, -0.15) is 5.26 Å².